The summed E-state index contributed by atoms with van der Waals surface area (Å²) < 4.78 is 0. The standard InChI is InChI=1S/C21H25N5O2/c22-18(27)12-23-21(28)15-8-5-11-26(13-15)20-16-9-4-10-17(16)24-19(25-20)14-6-2-1-3-7-14/h1-3,6-7,15H,4-5,8-13H2,(H2,22,27)(H,23,28). The molecule has 2 heterocycles. The van der Waals surface area contributed by atoms with Gasteiger partial charge in [0.2, 0.25) is 11.8 Å². The van der Waals surface area contributed by atoms with Crippen LogP contribution in [0, 0.1) is 5.92 Å². The maximum Gasteiger partial charge on any atom is 0.236 e. The largest absolute Gasteiger partial charge is 0.368 e. The molecule has 1 saturated heterocycles. The summed E-state index contributed by atoms with van der Waals surface area (Å²) in [6.07, 6.45) is 4.76. The second-order valence-corrected chi connectivity index (χ2v) is 7.48. The minimum absolute atomic E-state index is 0.113. The van der Waals surface area contributed by atoms with Gasteiger partial charge in [0.25, 0.3) is 0 Å². The van der Waals surface area contributed by atoms with E-state index in [1.807, 2.05) is 30.3 Å². The first kappa shape index (κ1) is 18.4. The maximum absolute atomic E-state index is 12.4. The molecule has 28 heavy (non-hydrogen) atoms. The molecule has 0 radical (unpaired) electrons. The molecule has 1 atom stereocenters. The van der Waals surface area contributed by atoms with E-state index in [-0.39, 0.29) is 18.4 Å². The van der Waals surface area contributed by atoms with Crippen molar-refractivity contribution in [2.45, 2.75) is 32.1 Å². The Labute approximate surface area is 164 Å². The molecule has 0 bridgehead atoms. The van der Waals surface area contributed by atoms with E-state index in [2.05, 4.69) is 10.2 Å². The number of hydrogen-bond donors (Lipinski definition) is 2. The zero-order valence-corrected chi connectivity index (χ0v) is 15.9. The lowest BCUT2D eigenvalue weighted by atomic mass is 9.96. The molecule has 1 aromatic heterocycles. The van der Waals surface area contributed by atoms with E-state index in [0.717, 1.165) is 61.5 Å². The van der Waals surface area contributed by atoms with Crippen molar-refractivity contribution in [3.63, 3.8) is 0 Å². The Bertz CT molecular complexity index is 884. The summed E-state index contributed by atoms with van der Waals surface area (Å²) in [6, 6.07) is 10.0. The van der Waals surface area contributed by atoms with Crippen LogP contribution in [0.25, 0.3) is 11.4 Å². The number of nitrogens with one attached hydrogen (secondary N) is 1. The molecule has 2 aromatic rings. The summed E-state index contributed by atoms with van der Waals surface area (Å²) in [5, 5.41) is 2.64. The molecule has 0 spiro atoms. The first-order valence-electron chi connectivity index (χ1n) is 9.88. The number of primary amides is 1. The lowest BCUT2D eigenvalue weighted by molar-refractivity contribution is -0.127. The third-order valence-corrected chi connectivity index (χ3v) is 5.47. The van der Waals surface area contributed by atoms with Crippen LogP contribution in [0.2, 0.25) is 0 Å². The molecule has 1 unspecified atom stereocenters. The SMILES string of the molecule is NC(=O)CNC(=O)C1CCCN(c2nc(-c3ccccc3)nc3c2CCC3)C1. The van der Waals surface area contributed by atoms with Crippen LogP contribution in [0.15, 0.2) is 30.3 Å². The Kier molecular flexibility index (Phi) is 5.23. The van der Waals surface area contributed by atoms with Gasteiger partial charge in [-0.15, -0.1) is 0 Å². The Morgan fingerprint density at radius 3 is 2.75 bits per heavy atom. The van der Waals surface area contributed by atoms with Crippen LogP contribution in [-0.4, -0.2) is 41.4 Å². The number of benzene rings is 1. The number of rotatable bonds is 5. The summed E-state index contributed by atoms with van der Waals surface area (Å²) in [4.78, 5) is 35.3. The van der Waals surface area contributed by atoms with Crippen molar-refractivity contribution >= 4 is 17.6 Å². The molecule has 1 aromatic carbocycles. The van der Waals surface area contributed by atoms with Gasteiger partial charge in [-0.2, -0.15) is 0 Å². The van der Waals surface area contributed by atoms with E-state index in [9.17, 15) is 9.59 Å². The third-order valence-electron chi connectivity index (χ3n) is 5.47. The topological polar surface area (TPSA) is 101 Å². The normalized spacial score (nSPS) is 18.6. The van der Waals surface area contributed by atoms with Crippen LogP contribution < -0.4 is 16.0 Å². The van der Waals surface area contributed by atoms with Crippen molar-refractivity contribution in [2.75, 3.05) is 24.5 Å². The summed E-state index contributed by atoms with van der Waals surface area (Å²) in [7, 11) is 0. The number of aryl methyl sites for hydroxylation is 1. The van der Waals surface area contributed by atoms with Crippen LogP contribution in [0.5, 0.6) is 0 Å². The van der Waals surface area contributed by atoms with E-state index in [1.165, 1.54) is 5.56 Å². The van der Waals surface area contributed by atoms with Gasteiger partial charge in [-0.1, -0.05) is 30.3 Å². The van der Waals surface area contributed by atoms with Gasteiger partial charge in [0.15, 0.2) is 5.82 Å². The van der Waals surface area contributed by atoms with Gasteiger partial charge in [0, 0.05) is 29.9 Å². The molecule has 4 rings (SSSR count). The average Bonchev–Trinajstić information content (AvgIpc) is 3.20. The predicted octanol–water partition coefficient (Wildman–Crippen LogP) is 1.45. The lowest BCUT2D eigenvalue weighted by Gasteiger charge is -2.34. The summed E-state index contributed by atoms with van der Waals surface area (Å²) in [5.74, 6) is 0.908. The fraction of sp³-hybridized carbons (Fsp3) is 0.429. The highest BCUT2D eigenvalue weighted by Gasteiger charge is 2.30. The van der Waals surface area contributed by atoms with Gasteiger partial charge in [-0.25, -0.2) is 9.97 Å². The van der Waals surface area contributed by atoms with E-state index < -0.39 is 5.91 Å². The van der Waals surface area contributed by atoms with E-state index in [4.69, 9.17) is 15.7 Å². The van der Waals surface area contributed by atoms with Crippen molar-refractivity contribution in [2.24, 2.45) is 11.7 Å². The van der Waals surface area contributed by atoms with Gasteiger partial charge >= 0.3 is 0 Å². The number of fused-ring (bicyclic) bond motifs is 1. The van der Waals surface area contributed by atoms with Gasteiger partial charge in [0.05, 0.1) is 12.5 Å². The number of amides is 2. The molecule has 0 saturated carbocycles. The minimum Gasteiger partial charge on any atom is -0.368 e. The van der Waals surface area contributed by atoms with Gasteiger partial charge in [-0.05, 0) is 32.1 Å². The summed E-state index contributed by atoms with van der Waals surface area (Å²) in [5.41, 5.74) is 8.50. The van der Waals surface area contributed by atoms with Gasteiger partial charge in [0.1, 0.15) is 5.82 Å². The minimum atomic E-state index is -0.526. The van der Waals surface area contributed by atoms with Gasteiger partial charge < -0.3 is 16.0 Å². The number of carbonyl (C=O) groups excluding carboxylic acids is 2. The molecule has 1 fully saturated rings. The van der Waals surface area contributed by atoms with Crippen LogP contribution in [0.4, 0.5) is 5.82 Å². The molecule has 3 N–H and O–H groups in total. The monoisotopic (exact) mass is 379 g/mol. The molecule has 146 valence electrons. The summed E-state index contributed by atoms with van der Waals surface area (Å²) >= 11 is 0. The molecular formula is C21H25N5O2. The summed E-state index contributed by atoms with van der Waals surface area (Å²) in [6.45, 7) is 1.36. The molecule has 1 aliphatic heterocycles. The molecule has 2 aliphatic rings. The number of nitrogens with two attached hydrogens (primary N) is 1. The van der Waals surface area contributed by atoms with Crippen LogP contribution in [-0.2, 0) is 22.4 Å². The first-order chi connectivity index (χ1) is 13.6. The molecule has 1 aliphatic carbocycles. The quantitative estimate of drug-likeness (QED) is 0.819. The van der Waals surface area contributed by atoms with Crippen LogP contribution in [0.1, 0.15) is 30.5 Å². The zero-order valence-electron chi connectivity index (χ0n) is 15.9. The van der Waals surface area contributed by atoms with Crippen molar-refractivity contribution in [3.05, 3.63) is 41.6 Å². The van der Waals surface area contributed by atoms with E-state index in [0.29, 0.717) is 6.54 Å². The Morgan fingerprint density at radius 1 is 1.14 bits per heavy atom. The molecular weight excluding hydrogens is 354 g/mol. The molecule has 2 amide bonds. The van der Waals surface area contributed by atoms with Crippen molar-refractivity contribution < 1.29 is 9.59 Å². The van der Waals surface area contributed by atoms with E-state index >= 15 is 0 Å². The number of nitrogens with zero attached hydrogens (tertiary/aromatic N) is 3. The van der Waals surface area contributed by atoms with Crippen LogP contribution >= 0.6 is 0 Å². The molecule has 7 heteroatoms. The van der Waals surface area contributed by atoms with E-state index in [1.54, 1.807) is 0 Å². The number of piperidine rings is 1. The highest BCUT2D eigenvalue weighted by atomic mass is 16.2. The fourth-order valence-corrected chi connectivity index (χ4v) is 4.09. The number of carbonyl (C=O) groups is 2. The fourth-order valence-electron chi connectivity index (χ4n) is 4.09. The number of anilines is 1. The average molecular weight is 379 g/mol. The van der Waals surface area contributed by atoms with Gasteiger partial charge in [-0.3, -0.25) is 9.59 Å². The Balaban J connectivity index is 1.60. The second-order valence-electron chi connectivity index (χ2n) is 7.48. The number of hydrogen-bond acceptors (Lipinski definition) is 5. The third kappa shape index (κ3) is 3.83. The molecule has 7 nitrogen and oxygen atoms in total. The lowest BCUT2D eigenvalue weighted by Crippen LogP contribution is -2.45. The van der Waals surface area contributed by atoms with Crippen LogP contribution in [0.3, 0.4) is 0 Å². The van der Waals surface area contributed by atoms with Crippen molar-refractivity contribution in [3.8, 4) is 11.4 Å². The Hall–Kier alpha value is -2.96. The smallest absolute Gasteiger partial charge is 0.236 e. The first-order valence-corrected chi connectivity index (χ1v) is 9.88. The predicted molar refractivity (Wildman–Crippen MR) is 107 cm³/mol. The highest BCUT2D eigenvalue weighted by molar-refractivity contribution is 5.85. The van der Waals surface area contributed by atoms with Crippen molar-refractivity contribution in [1.29, 1.82) is 0 Å². The maximum atomic E-state index is 12.4. The second kappa shape index (κ2) is 7.96. The zero-order chi connectivity index (χ0) is 19.5. The van der Waals surface area contributed by atoms with Crippen molar-refractivity contribution in [1.82, 2.24) is 15.3 Å². The highest BCUT2D eigenvalue weighted by Crippen LogP contribution is 2.33. The number of aromatic nitrogens is 2. The Morgan fingerprint density at radius 2 is 1.96 bits per heavy atom.